The maximum absolute atomic E-state index is 4.37. The lowest BCUT2D eigenvalue weighted by Crippen LogP contribution is -2.02. The molecule has 0 aliphatic heterocycles. The lowest BCUT2D eigenvalue weighted by atomic mass is 10.1. The number of nitrogens with one attached hydrogen (secondary N) is 1. The number of pyridine rings is 1. The summed E-state index contributed by atoms with van der Waals surface area (Å²) in [5.74, 6) is 0. The highest BCUT2D eigenvalue weighted by Gasteiger charge is 2.04. The molecule has 3 rings (SSSR count). The Kier molecular flexibility index (Phi) is 3.68. The Labute approximate surface area is 119 Å². The molecule has 1 N–H and O–H groups in total. The molecule has 0 aliphatic rings. The van der Waals surface area contributed by atoms with Gasteiger partial charge in [-0.25, -0.2) is 4.52 Å². The standard InChI is InChI=1S/C17H19N3/c1-2-7-14-8-3-4-9-16(14)18-12-15-13-19-20-11-6-5-10-17(15)20/h3-6,8-11,13,18H,2,7,12H2,1H3. The van der Waals surface area contributed by atoms with Gasteiger partial charge in [0.2, 0.25) is 0 Å². The molecule has 0 aliphatic carbocycles. The second kappa shape index (κ2) is 5.78. The number of nitrogens with zero attached hydrogens (tertiary/aromatic N) is 2. The molecule has 0 unspecified atom stereocenters. The van der Waals surface area contributed by atoms with Crippen LogP contribution in [0, 0.1) is 0 Å². The van der Waals surface area contributed by atoms with Crippen LogP contribution in [0.4, 0.5) is 5.69 Å². The van der Waals surface area contributed by atoms with E-state index in [0.717, 1.165) is 24.9 Å². The van der Waals surface area contributed by atoms with Crippen molar-refractivity contribution in [3.05, 3.63) is 66.0 Å². The first-order chi connectivity index (χ1) is 9.88. The average molecular weight is 265 g/mol. The summed E-state index contributed by atoms with van der Waals surface area (Å²) >= 11 is 0. The maximum atomic E-state index is 4.37. The molecule has 0 saturated carbocycles. The van der Waals surface area contributed by atoms with E-state index < -0.39 is 0 Å². The molecule has 0 saturated heterocycles. The third kappa shape index (κ3) is 2.52. The monoisotopic (exact) mass is 265 g/mol. The zero-order valence-electron chi connectivity index (χ0n) is 11.7. The van der Waals surface area contributed by atoms with Crippen LogP contribution >= 0.6 is 0 Å². The Hall–Kier alpha value is -2.29. The van der Waals surface area contributed by atoms with Gasteiger partial charge in [0.05, 0.1) is 11.7 Å². The van der Waals surface area contributed by atoms with Crippen LogP contribution < -0.4 is 5.32 Å². The van der Waals surface area contributed by atoms with Gasteiger partial charge in [-0.3, -0.25) is 0 Å². The normalized spacial score (nSPS) is 10.8. The van der Waals surface area contributed by atoms with E-state index in [-0.39, 0.29) is 0 Å². The first kappa shape index (κ1) is 12.7. The minimum absolute atomic E-state index is 0.800. The fourth-order valence-electron chi connectivity index (χ4n) is 2.49. The van der Waals surface area contributed by atoms with E-state index in [1.807, 2.05) is 29.0 Å². The van der Waals surface area contributed by atoms with E-state index in [1.165, 1.54) is 16.8 Å². The van der Waals surface area contributed by atoms with Crippen LogP contribution in [0.2, 0.25) is 0 Å². The first-order valence-electron chi connectivity index (χ1n) is 7.11. The number of aryl methyl sites for hydroxylation is 1. The SMILES string of the molecule is CCCc1ccccc1NCc1cnn2ccccc12. The van der Waals surface area contributed by atoms with Gasteiger partial charge in [0, 0.05) is 24.0 Å². The Morgan fingerprint density at radius 2 is 1.90 bits per heavy atom. The van der Waals surface area contributed by atoms with Gasteiger partial charge in [0.25, 0.3) is 0 Å². The van der Waals surface area contributed by atoms with E-state index in [0.29, 0.717) is 0 Å². The maximum Gasteiger partial charge on any atom is 0.0711 e. The van der Waals surface area contributed by atoms with Crippen molar-refractivity contribution >= 4 is 11.2 Å². The van der Waals surface area contributed by atoms with E-state index in [2.05, 4.69) is 47.7 Å². The molecular weight excluding hydrogens is 246 g/mol. The predicted molar refractivity (Wildman–Crippen MR) is 83.0 cm³/mol. The highest BCUT2D eigenvalue weighted by atomic mass is 15.2. The highest BCUT2D eigenvalue weighted by Crippen LogP contribution is 2.19. The summed E-state index contributed by atoms with van der Waals surface area (Å²) in [6.07, 6.45) is 6.18. The average Bonchev–Trinajstić information content (AvgIpc) is 2.90. The molecule has 2 heterocycles. The van der Waals surface area contributed by atoms with Crippen LogP contribution in [0.25, 0.3) is 5.52 Å². The predicted octanol–water partition coefficient (Wildman–Crippen LogP) is 3.90. The van der Waals surface area contributed by atoms with Crippen molar-refractivity contribution in [3.8, 4) is 0 Å². The Morgan fingerprint density at radius 3 is 2.80 bits per heavy atom. The summed E-state index contributed by atoms with van der Waals surface area (Å²) < 4.78 is 1.91. The van der Waals surface area contributed by atoms with Crippen molar-refractivity contribution in [2.45, 2.75) is 26.3 Å². The van der Waals surface area contributed by atoms with Gasteiger partial charge < -0.3 is 5.32 Å². The lowest BCUT2D eigenvalue weighted by Gasteiger charge is -2.10. The van der Waals surface area contributed by atoms with Crippen molar-refractivity contribution in [1.29, 1.82) is 0 Å². The van der Waals surface area contributed by atoms with Crippen molar-refractivity contribution in [1.82, 2.24) is 9.61 Å². The molecule has 3 aromatic rings. The molecular formula is C17H19N3. The van der Waals surface area contributed by atoms with Gasteiger partial charge >= 0.3 is 0 Å². The molecule has 0 bridgehead atoms. The second-order valence-electron chi connectivity index (χ2n) is 4.96. The number of aromatic nitrogens is 2. The summed E-state index contributed by atoms with van der Waals surface area (Å²) in [6.45, 7) is 3.01. The number of hydrogen-bond acceptors (Lipinski definition) is 2. The van der Waals surface area contributed by atoms with Gasteiger partial charge in [0.1, 0.15) is 0 Å². The van der Waals surface area contributed by atoms with Gasteiger partial charge in [-0.1, -0.05) is 37.6 Å². The molecule has 1 aromatic carbocycles. The molecule has 0 amide bonds. The number of fused-ring (bicyclic) bond motifs is 1. The van der Waals surface area contributed by atoms with Crippen molar-refractivity contribution in [2.24, 2.45) is 0 Å². The quantitative estimate of drug-likeness (QED) is 0.758. The molecule has 20 heavy (non-hydrogen) atoms. The van der Waals surface area contributed by atoms with E-state index in [1.54, 1.807) is 0 Å². The molecule has 0 fully saturated rings. The summed E-state index contributed by atoms with van der Waals surface area (Å²) in [4.78, 5) is 0. The van der Waals surface area contributed by atoms with Crippen LogP contribution in [0.3, 0.4) is 0 Å². The minimum Gasteiger partial charge on any atom is -0.381 e. The second-order valence-corrected chi connectivity index (χ2v) is 4.96. The number of hydrogen-bond donors (Lipinski definition) is 1. The summed E-state index contributed by atoms with van der Waals surface area (Å²) in [6, 6.07) is 14.7. The molecule has 3 heteroatoms. The molecule has 3 nitrogen and oxygen atoms in total. The van der Waals surface area contributed by atoms with Crippen LogP contribution in [0.1, 0.15) is 24.5 Å². The molecule has 2 aromatic heterocycles. The summed E-state index contributed by atoms with van der Waals surface area (Å²) in [7, 11) is 0. The number of rotatable bonds is 5. The number of para-hydroxylation sites is 1. The third-order valence-electron chi connectivity index (χ3n) is 3.51. The molecule has 102 valence electrons. The lowest BCUT2D eigenvalue weighted by molar-refractivity contribution is 0.920. The smallest absolute Gasteiger partial charge is 0.0711 e. The molecule has 0 spiro atoms. The zero-order valence-corrected chi connectivity index (χ0v) is 11.7. The van der Waals surface area contributed by atoms with E-state index in [9.17, 15) is 0 Å². The fraction of sp³-hybridized carbons (Fsp3) is 0.235. The van der Waals surface area contributed by atoms with Gasteiger partial charge in [-0.2, -0.15) is 5.10 Å². The van der Waals surface area contributed by atoms with Crippen molar-refractivity contribution in [2.75, 3.05) is 5.32 Å². The first-order valence-corrected chi connectivity index (χ1v) is 7.11. The van der Waals surface area contributed by atoms with E-state index >= 15 is 0 Å². The highest BCUT2D eigenvalue weighted by molar-refractivity contribution is 5.57. The zero-order chi connectivity index (χ0) is 13.8. The van der Waals surface area contributed by atoms with E-state index in [4.69, 9.17) is 0 Å². The topological polar surface area (TPSA) is 29.3 Å². The third-order valence-corrected chi connectivity index (χ3v) is 3.51. The Balaban J connectivity index is 1.80. The van der Waals surface area contributed by atoms with Gasteiger partial charge in [-0.15, -0.1) is 0 Å². The van der Waals surface area contributed by atoms with Crippen LogP contribution in [0.15, 0.2) is 54.9 Å². The molecule has 0 atom stereocenters. The fourth-order valence-corrected chi connectivity index (χ4v) is 2.49. The summed E-state index contributed by atoms with van der Waals surface area (Å²) in [5.41, 5.74) is 4.99. The number of anilines is 1. The van der Waals surface area contributed by atoms with Crippen LogP contribution in [-0.2, 0) is 13.0 Å². The minimum atomic E-state index is 0.800. The van der Waals surface area contributed by atoms with Gasteiger partial charge in [-0.05, 0) is 30.2 Å². The largest absolute Gasteiger partial charge is 0.381 e. The van der Waals surface area contributed by atoms with Gasteiger partial charge in [0.15, 0.2) is 0 Å². The number of benzene rings is 1. The van der Waals surface area contributed by atoms with Crippen molar-refractivity contribution in [3.63, 3.8) is 0 Å². The van der Waals surface area contributed by atoms with Crippen LogP contribution in [-0.4, -0.2) is 9.61 Å². The van der Waals surface area contributed by atoms with Crippen LogP contribution in [0.5, 0.6) is 0 Å². The molecule has 0 radical (unpaired) electrons. The Morgan fingerprint density at radius 1 is 1.05 bits per heavy atom. The van der Waals surface area contributed by atoms with Crippen molar-refractivity contribution < 1.29 is 0 Å². The summed E-state index contributed by atoms with van der Waals surface area (Å²) in [5, 5.41) is 7.91. The Bertz CT molecular complexity index is 700.